The molecule has 0 fully saturated rings. The summed E-state index contributed by atoms with van der Waals surface area (Å²) < 4.78 is 0. The Hall–Kier alpha value is -1.49. The van der Waals surface area contributed by atoms with Crippen molar-refractivity contribution in [3.05, 3.63) is 12.7 Å². The van der Waals surface area contributed by atoms with Crippen LogP contribution in [0.25, 0.3) is 0 Å². The molecule has 0 heterocycles. The summed E-state index contributed by atoms with van der Waals surface area (Å²) in [6.45, 7) is 4.63. The molecule has 0 saturated carbocycles. The van der Waals surface area contributed by atoms with Crippen LogP contribution in [0.2, 0.25) is 0 Å². The van der Waals surface area contributed by atoms with Crippen molar-refractivity contribution in [2.45, 2.75) is 13.0 Å². The number of carbonyl (C=O) groups is 2. The van der Waals surface area contributed by atoms with Crippen molar-refractivity contribution in [3.8, 4) is 0 Å². The second-order valence-corrected chi connectivity index (χ2v) is 2.20. The van der Waals surface area contributed by atoms with Crippen LogP contribution in [-0.4, -0.2) is 35.8 Å². The highest BCUT2D eigenvalue weighted by Crippen LogP contribution is 1.85. The van der Waals surface area contributed by atoms with E-state index in [0.717, 1.165) is 6.08 Å². The minimum Gasteiger partial charge on any atom is -0.383 e. The van der Waals surface area contributed by atoms with Crippen molar-refractivity contribution in [1.82, 2.24) is 5.32 Å². The second-order valence-electron chi connectivity index (χ2n) is 2.20. The molecule has 0 aromatic heterocycles. The first-order valence-corrected chi connectivity index (χ1v) is 3.72. The smallest absolute Gasteiger partial charge is 0.340 e. The van der Waals surface area contributed by atoms with Crippen molar-refractivity contribution >= 4 is 18.0 Å². The molecule has 0 bridgehead atoms. The molecular weight excluding hydrogens is 172 g/mol. The highest BCUT2D eigenvalue weighted by molar-refractivity contribution is 5.93. The van der Waals surface area contributed by atoms with Gasteiger partial charge in [-0.15, -0.1) is 0 Å². The van der Waals surface area contributed by atoms with E-state index in [-0.39, 0.29) is 6.54 Å². The van der Waals surface area contributed by atoms with Crippen LogP contribution in [0, 0.1) is 0 Å². The Morgan fingerprint density at radius 2 is 2.31 bits per heavy atom. The summed E-state index contributed by atoms with van der Waals surface area (Å²) in [5.74, 6) is -0.527. The molecule has 2 amide bonds. The zero-order valence-corrected chi connectivity index (χ0v) is 7.36. The van der Waals surface area contributed by atoms with E-state index in [1.54, 1.807) is 6.92 Å². The van der Waals surface area contributed by atoms with Gasteiger partial charge in [0.25, 0.3) is 0 Å². The molecule has 0 rings (SSSR count). The molecule has 0 aromatic rings. The molecule has 1 unspecified atom stereocenters. The van der Waals surface area contributed by atoms with Gasteiger partial charge in [-0.3, -0.25) is 4.79 Å². The third-order valence-corrected chi connectivity index (χ3v) is 1.22. The molecule has 72 valence electrons. The van der Waals surface area contributed by atoms with Gasteiger partial charge in [0.2, 0.25) is 0 Å². The molecule has 0 aliphatic rings. The molecule has 0 spiro atoms. The van der Waals surface area contributed by atoms with Crippen LogP contribution in [0.3, 0.4) is 0 Å². The van der Waals surface area contributed by atoms with Gasteiger partial charge >= 0.3 is 6.03 Å². The van der Waals surface area contributed by atoms with Crippen molar-refractivity contribution < 1.29 is 14.7 Å². The van der Waals surface area contributed by atoms with Crippen LogP contribution < -0.4 is 5.32 Å². The molecule has 0 saturated heterocycles. The number of aliphatic imine (C=N–C) groups is 1. The summed E-state index contributed by atoms with van der Waals surface area (Å²) in [7, 11) is 0. The molecule has 0 aromatic carbocycles. The van der Waals surface area contributed by atoms with Crippen molar-refractivity contribution in [3.63, 3.8) is 0 Å². The van der Waals surface area contributed by atoms with Gasteiger partial charge in [-0.2, -0.15) is 0 Å². The van der Waals surface area contributed by atoms with Crippen LogP contribution in [0.15, 0.2) is 17.6 Å². The van der Waals surface area contributed by atoms with Crippen LogP contribution in [0.4, 0.5) is 4.79 Å². The molecular formula is C8H12N2O3. The number of ketones is 1. The minimum absolute atomic E-state index is 0.152. The maximum Gasteiger partial charge on any atom is 0.340 e. The fourth-order valence-corrected chi connectivity index (χ4v) is 0.584. The van der Waals surface area contributed by atoms with E-state index in [1.165, 1.54) is 6.21 Å². The molecule has 0 radical (unpaired) electrons. The number of carbonyl (C=O) groups excluding carboxylic acids is 2. The van der Waals surface area contributed by atoms with Crippen molar-refractivity contribution in [2.75, 3.05) is 6.54 Å². The zero-order valence-electron chi connectivity index (χ0n) is 7.36. The summed E-state index contributed by atoms with van der Waals surface area (Å²) in [6, 6.07) is -0.585. The average Bonchev–Trinajstić information content (AvgIpc) is 2.13. The lowest BCUT2D eigenvalue weighted by atomic mass is 10.2. The van der Waals surface area contributed by atoms with E-state index >= 15 is 0 Å². The lowest BCUT2D eigenvalue weighted by Crippen LogP contribution is -2.34. The fraction of sp³-hybridized carbons (Fsp3) is 0.375. The number of aliphatic hydroxyl groups excluding tert-OH is 1. The highest BCUT2D eigenvalue weighted by Gasteiger charge is 2.11. The standard InChI is InChI=1S/C8H12N2O3/c1-3-6(11)7(12)5-10-8(13)9-4-2/h3-4,7,12H,1,5H2,2H3,(H,10,13). The van der Waals surface area contributed by atoms with Gasteiger partial charge in [0.05, 0.1) is 6.54 Å². The van der Waals surface area contributed by atoms with Crippen molar-refractivity contribution in [2.24, 2.45) is 4.99 Å². The highest BCUT2D eigenvalue weighted by atomic mass is 16.3. The first-order valence-electron chi connectivity index (χ1n) is 3.72. The Labute approximate surface area is 76.2 Å². The Balaban J connectivity index is 3.82. The van der Waals surface area contributed by atoms with Gasteiger partial charge < -0.3 is 10.4 Å². The largest absolute Gasteiger partial charge is 0.383 e. The molecule has 5 heteroatoms. The van der Waals surface area contributed by atoms with E-state index in [2.05, 4.69) is 16.9 Å². The number of aliphatic hydroxyl groups is 1. The van der Waals surface area contributed by atoms with Gasteiger partial charge in [-0.1, -0.05) is 6.58 Å². The first-order chi connectivity index (χ1) is 6.11. The van der Waals surface area contributed by atoms with Crippen LogP contribution in [0.1, 0.15) is 6.92 Å². The lowest BCUT2D eigenvalue weighted by molar-refractivity contribution is -0.121. The van der Waals surface area contributed by atoms with E-state index in [0.29, 0.717) is 0 Å². The number of hydrogen-bond acceptors (Lipinski definition) is 3. The maximum atomic E-state index is 10.7. The Kier molecular flexibility index (Phi) is 5.38. The van der Waals surface area contributed by atoms with Crippen LogP contribution >= 0.6 is 0 Å². The summed E-state index contributed by atoms with van der Waals surface area (Å²) in [6.07, 6.45) is 1.07. The Morgan fingerprint density at radius 3 is 2.77 bits per heavy atom. The van der Waals surface area contributed by atoms with Gasteiger partial charge in [0.1, 0.15) is 6.10 Å². The van der Waals surface area contributed by atoms with Gasteiger partial charge in [0, 0.05) is 6.21 Å². The van der Waals surface area contributed by atoms with E-state index < -0.39 is 17.9 Å². The number of nitrogens with one attached hydrogen (secondary N) is 1. The predicted molar refractivity (Wildman–Crippen MR) is 48.8 cm³/mol. The zero-order chi connectivity index (χ0) is 10.3. The summed E-state index contributed by atoms with van der Waals surface area (Å²) in [4.78, 5) is 24.8. The number of amides is 2. The topological polar surface area (TPSA) is 78.8 Å². The molecule has 2 N–H and O–H groups in total. The van der Waals surface area contributed by atoms with E-state index in [1.807, 2.05) is 0 Å². The summed E-state index contributed by atoms with van der Waals surface area (Å²) >= 11 is 0. The van der Waals surface area contributed by atoms with Gasteiger partial charge in [0.15, 0.2) is 5.78 Å². The third-order valence-electron chi connectivity index (χ3n) is 1.22. The predicted octanol–water partition coefficient (Wildman–Crippen LogP) is -0.0973. The number of urea groups is 1. The van der Waals surface area contributed by atoms with Crippen LogP contribution in [0.5, 0.6) is 0 Å². The van der Waals surface area contributed by atoms with Gasteiger partial charge in [-0.25, -0.2) is 9.79 Å². The minimum atomic E-state index is -1.24. The monoisotopic (exact) mass is 184 g/mol. The van der Waals surface area contributed by atoms with Crippen molar-refractivity contribution in [1.29, 1.82) is 0 Å². The van der Waals surface area contributed by atoms with E-state index in [9.17, 15) is 9.59 Å². The van der Waals surface area contributed by atoms with Gasteiger partial charge in [-0.05, 0) is 13.0 Å². The maximum absolute atomic E-state index is 10.7. The third kappa shape index (κ3) is 4.86. The summed E-state index contributed by atoms with van der Waals surface area (Å²) in [5, 5.41) is 11.3. The SMILES string of the molecule is C=CC(=O)C(O)CNC(=O)N=CC. The summed E-state index contributed by atoms with van der Waals surface area (Å²) in [5.41, 5.74) is 0. The fourth-order valence-electron chi connectivity index (χ4n) is 0.584. The quantitative estimate of drug-likeness (QED) is 0.473. The number of hydrogen-bond donors (Lipinski definition) is 2. The molecule has 13 heavy (non-hydrogen) atoms. The average molecular weight is 184 g/mol. The molecule has 1 atom stereocenters. The first kappa shape index (κ1) is 11.5. The molecule has 0 aliphatic heterocycles. The Bertz CT molecular complexity index is 236. The molecule has 0 aliphatic carbocycles. The lowest BCUT2D eigenvalue weighted by Gasteiger charge is -2.05. The molecule has 5 nitrogen and oxygen atoms in total. The number of nitrogens with zero attached hydrogens (tertiary/aromatic N) is 1. The van der Waals surface area contributed by atoms with E-state index in [4.69, 9.17) is 5.11 Å². The number of rotatable bonds is 4. The normalized spacial score (nSPS) is 12.5. The van der Waals surface area contributed by atoms with Crippen LogP contribution in [-0.2, 0) is 4.79 Å². The second kappa shape index (κ2) is 6.07. The Morgan fingerprint density at radius 1 is 1.69 bits per heavy atom.